The summed E-state index contributed by atoms with van der Waals surface area (Å²) < 4.78 is 0. The summed E-state index contributed by atoms with van der Waals surface area (Å²) in [5.74, 6) is 0.777. The second-order valence-corrected chi connectivity index (χ2v) is 5.93. The van der Waals surface area contributed by atoms with E-state index < -0.39 is 0 Å². The number of nitrogens with zero attached hydrogens (tertiary/aromatic N) is 1. The van der Waals surface area contributed by atoms with Gasteiger partial charge in [-0.3, -0.25) is 0 Å². The van der Waals surface area contributed by atoms with Gasteiger partial charge >= 0.3 is 0 Å². The Kier molecular flexibility index (Phi) is 4.60. The summed E-state index contributed by atoms with van der Waals surface area (Å²) >= 11 is 0. The summed E-state index contributed by atoms with van der Waals surface area (Å²) in [5, 5.41) is 3.47. The van der Waals surface area contributed by atoms with Crippen LogP contribution < -0.4 is 5.32 Å². The molecule has 1 aliphatic heterocycles. The molecule has 2 unspecified atom stereocenters. The van der Waals surface area contributed by atoms with Gasteiger partial charge in [-0.05, 0) is 31.3 Å². The summed E-state index contributed by atoms with van der Waals surface area (Å²) in [7, 11) is 2.10. The lowest BCUT2D eigenvalue weighted by Crippen LogP contribution is -2.42. The largest absolute Gasteiger partial charge is 0.315 e. The molecular formula is C13H28N2. The number of hydrogen-bond acceptors (Lipinski definition) is 2. The van der Waals surface area contributed by atoms with Crippen molar-refractivity contribution in [2.75, 3.05) is 26.7 Å². The van der Waals surface area contributed by atoms with E-state index in [1.54, 1.807) is 0 Å². The van der Waals surface area contributed by atoms with Crippen LogP contribution in [0.3, 0.4) is 0 Å². The van der Waals surface area contributed by atoms with E-state index in [-0.39, 0.29) is 0 Å². The zero-order chi connectivity index (χ0) is 11.5. The molecule has 0 radical (unpaired) electrons. The van der Waals surface area contributed by atoms with E-state index in [1.165, 1.54) is 32.5 Å². The monoisotopic (exact) mass is 212 g/mol. The molecular weight excluding hydrogens is 184 g/mol. The van der Waals surface area contributed by atoms with Crippen LogP contribution in [0.2, 0.25) is 0 Å². The van der Waals surface area contributed by atoms with Crippen molar-refractivity contribution in [3.8, 4) is 0 Å². The van der Waals surface area contributed by atoms with Gasteiger partial charge < -0.3 is 10.2 Å². The third-order valence-electron chi connectivity index (χ3n) is 3.91. The number of likely N-dealkylation sites (tertiary alicyclic amines) is 1. The Morgan fingerprint density at radius 3 is 2.47 bits per heavy atom. The molecule has 0 bridgehead atoms. The number of rotatable bonds is 5. The number of likely N-dealkylation sites (N-methyl/N-ethyl adjacent to an activating group) is 1. The SMILES string of the molecule is CCC(C)C(CN1CCC(C)(C)C1)NC. The van der Waals surface area contributed by atoms with Crippen molar-refractivity contribution in [2.45, 2.75) is 46.6 Å². The van der Waals surface area contributed by atoms with Gasteiger partial charge in [0, 0.05) is 19.1 Å². The standard InChI is InChI=1S/C13H28N2/c1-6-11(2)12(14-5)9-15-8-7-13(3,4)10-15/h11-12,14H,6-10H2,1-5H3. The first kappa shape index (κ1) is 13.0. The van der Waals surface area contributed by atoms with Crippen molar-refractivity contribution in [1.82, 2.24) is 10.2 Å². The molecule has 0 aromatic carbocycles. The molecule has 1 aliphatic rings. The summed E-state index contributed by atoms with van der Waals surface area (Å²) in [6, 6.07) is 0.656. The van der Waals surface area contributed by atoms with E-state index in [0.717, 1.165) is 5.92 Å². The molecule has 2 heteroatoms. The first-order valence-electron chi connectivity index (χ1n) is 6.38. The van der Waals surface area contributed by atoms with Gasteiger partial charge in [0.2, 0.25) is 0 Å². The van der Waals surface area contributed by atoms with E-state index in [4.69, 9.17) is 0 Å². The summed E-state index contributed by atoms with van der Waals surface area (Å²) in [4.78, 5) is 2.62. The van der Waals surface area contributed by atoms with Crippen molar-refractivity contribution in [2.24, 2.45) is 11.3 Å². The Balaban J connectivity index is 2.40. The number of nitrogens with one attached hydrogen (secondary N) is 1. The molecule has 1 heterocycles. The summed E-state index contributed by atoms with van der Waals surface area (Å²) in [6.07, 6.45) is 2.62. The predicted molar refractivity (Wildman–Crippen MR) is 67.1 cm³/mol. The molecule has 1 saturated heterocycles. The first-order valence-corrected chi connectivity index (χ1v) is 6.38. The van der Waals surface area contributed by atoms with Crippen molar-refractivity contribution < 1.29 is 0 Å². The maximum Gasteiger partial charge on any atom is 0.0217 e. The van der Waals surface area contributed by atoms with Crippen LogP contribution in [-0.2, 0) is 0 Å². The fourth-order valence-corrected chi connectivity index (χ4v) is 2.50. The second-order valence-electron chi connectivity index (χ2n) is 5.93. The minimum absolute atomic E-state index is 0.535. The van der Waals surface area contributed by atoms with Gasteiger partial charge in [-0.15, -0.1) is 0 Å². The van der Waals surface area contributed by atoms with Crippen LogP contribution in [0.25, 0.3) is 0 Å². The highest BCUT2D eigenvalue weighted by atomic mass is 15.2. The second kappa shape index (κ2) is 5.31. The van der Waals surface area contributed by atoms with E-state index >= 15 is 0 Å². The maximum atomic E-state index is 3.47. The van der Waals surface area contributed by atoms with Crippen molar-refractivity contribution >= 4 is 0 Å². The molecule has 1 fully saturated rings. The smallest absolute Gasteiger partial charge is 0.0217 e. The zero-order valence-corrected chi connectivity index (χ0v) is 11.1. The predicted octanol–water partition coefficient (Wildman–Crippen LogP) is 2.35. The van der Waals surface area contributed by atoms with Crippen molar-refractivity contribution in [1.29, 1.82) is 0 Å². The molecule has 0 spiro atoms. The number of hydrogen-bond donors (Lipinski definition) is 1. The van der Waals surface area contributed by atoms with E-state index in [9.17, 15) is 0 Å². The Morgan fingerprint density at radius 2 is 2.07 bits per heavy atom. The minimum Gasteiger partial charge on any atom is -0.315 e. The van der Waals surface area contributed by atoms with Crippen LogP contribution in [0.5, 0.6) is 0 Å². The lowest BCUT2D eigenvalue weighted by Gasteiger charge is -2.28. The molecule has 1 N–H and O–H groups in total. The highest BCUT2D eigenvalue weighted by Crippen LogP contribution is 2.29. The lowest BCUT2D eigenvalue weighted by molar-refractivity contribution is 0.232. The summed E-state index contributed by atoms with van der Waals surface area (Å²) in [6.45, 7) is 13.2. The Hall–Kier alpha value is -0.0800. The fraction of sp³-hybridized carbons (Fsp3) is 1.00. The lowest BCUT2D eigenvalue weighted by atomic mass is 9.93. The van der Waals surface area contributed by atoms with Crippen LogP contribution in [0, 0.1) is 11.3 Å². The first-order chi connectivity index (χ1) is 6.98. The molecule has 1 rings (SSSR count). The van der Waals surface area contributed by atoms with Crippen LogP contribution in [0.1, 0.15) is 40.5 Å². The van der Waals surface area contributed by atoms with Gasteiger partial charge in [0.25, 0.3) is 0 Å². The van der Waals surface area contributed by atoms with Gasteiger partial charge in [-0.1, -0.05) is 34.1 Å². The van der Waals surface area contributed by atoms with Crippen LogP contribution in [0.15, 0.2) is 0 Å². The maximum absolute atomic E-state index is 3.47. The van der Waals surface area contributed by atoms with Gasteiger partial charge in [0.05, 0.1) is 0 Å². The molecule has 0 aliphatic carbocycles. The van der Waals surface area contributed by atoms with Gasteiger partial charge in [0.1, 0.15) is 0 Å². The Morgan fingerprint density at radius 1 is 1.40 bits per heavy atom. The van der Waals surface area contributed by atoms with Crippen molar-refractivity contribution in [3.05, 3.63) is 0 Å². The van der Waals surface area contributed by atoms with Gasteiger partial charge in [-0.25, -0.2) is 0 Å². The van der Waals surface area contributed by atoms with Gasteiger partial charge in [0.15, 0.2) is 0 Å². The molecule has 0 saturated carbocycles. The van der Waals surface area contributed by atoms with Crippen LogP contribution in [-0.4, -0.2) is 37.6 Å². The zero-order valence-electron chi connectivity index (χ0n) is 11.1. The third kappa shape index (κ3) is 3.76. The Bertz CT molecular complexity index is 189. The Labute approximate surface area is 95.4 Å². The third-order valence-corrected chi connectivity index (χ3v) is 3.91. The molecule has 2 nitrogen and oxygen atoms in total. The molecule has 15 heavy (non-hydrogen) atoms. The van der Waals surface area contributed by atoms with Crippen LogP contribution >= 0.6 is 0 Å². The topological polar surface area (TPSA) is 15.3 Å². The van der Waals surface area contributed by atoms with E-state index in [1.807, 2.05) is 0 Å². The minimum atomic E-state index is 0.535. The average Bonchev–Trinajstić information content (AvgIpc) is 2.53. The normalized spacial score (nSPS) is 25.4. The highest BCUT2D eigenvalue weighted by Gasteiger charge is 2.30. The average molecular weight is 212 g/mol. The van der Waals surface area contributed by atoms with Crippen LogP contribution in [0.4, 0.5) is 0 Å². The van der Waals surface area contributed by atoms with E-state index in [0.29, 0.717) is 11.5 Å². The molecule has 2 atom stereocenters. The highest BCUT2D eigenvalue weighted by molar-refractivity contribution is 4.85. The van der Waals surface area contributed by atoms with E-state index in [2.05, 4.69) is 45.0 Å². The molecule has 0 amide bonds. The fourth-order valence-electron chi connectivity index (χ4n) is 2.50. The summed E-state index contributed by atoms with van der Waals surface area (Å²) in [5.41, 5.74) is 0.535. The quantitative estimate of drug-likeness (QED) is 0.752. The molecule has 0 aromatic heterocycles. The van der Waals surface area contributed by atoms with Crippen molar-refractivity contribution in [3.63, 3.8) is 0 Å². The molecule has 90 valence electrons. The molecule has 0 aromatic rings. The van der Waals surface area contributed by atoms with Gasteiger partial charge in [-0.2, -0.15) is 0 Å².